The van der Waals surface area contributed by atoms with Gasteiger partial charge in [-0.25, -0.2) is 4.98 Å². The van der Waals surface area contributed by atoms with E-state index in [2.05, 4.69) is 10.3 Å². The van der Waals surface area contributed by atoms with Crippen molar-refractivity contribution in [2.24, 2.45) is 0 Å². The normalized spacial score (nSPS) is 11.4. The molecule has 0 unspecified atom stereocenters. The van der Waals surface area contributed by atoms with Crippen molar-refractivity contribution < 1.29 is 9.53 Å². The first kappa shape index (κ1) is 17.3. The Balaban J connectivity index is 2.30. The minimum Gasteiger partial charge on any atom is -0.496 e. The monoisotopic (exact) mass is 378 g/mol. The van der Waals surface area contributed by atoms with Crippen LogP contribution in [0.5, 0.6) is 5.75 Å². The molecule has 0 bridgehead atoms. The third-order valence-electron chi connectivity index (χ3n) is 2.94. The Morgan fingerprint density at radius 2 is 2.00 bits per heavy atom. The van der Waals surface area contributed by atoms with Crippen LogP contribution < -0.4 is 10.1 Å². The lowest BCUT2D eigenvalue weighted by Gasteiger charge is -2.08. The molecule has 2 rings (SSSR count). The highest BCUT2D eigenvalue weighted by Crippen LogP contribution is 2.34. The molecule has 0 aliphatic heterocycles. The fourth-order valence-corrected chi connectivity index (χ4v) is 2.88. The van der Waals surface area contributed by atoms with Gasteiger partial charge >= 0.3 is 0 Å². The van der Waals surface area contributed by atoms with Gasteiger partial charge in [0.2, 0.25) is 0 Å². The van der Waals surface area contributed by atoms with Crippen molar-refractivity contribution in [3.8, 4) is 17.0 Å². The van der Waals surface area contributed by atoms with E-state index in [0.717, 1.165) is 27.4 Å². The van der Waals surface area contributed by atoms with Crippen LogP contribution in [-0.4, -0.2) is 21.8 Å². The molecule has 22 heavy (non-hydrogen) atoms. The van der Waals surface area contributed by atoms with E-state index in [1.807, 2.05) is 32.0 Å². The highest BCUT2D eigenvalue weighted by molar-refractivity contribution is 7.16. The number of nitrogens with zero attached hydrogens (tertiary/aromatic N) is 1. The molecule has 8 heteroatoms. The number of rotatable bonds is 3. The topological polar surface area (TPSA) is 51.2 Å². The van der Waals surface area contributed by atoms with Crippen LogP contribution in [0.1, 0.15) is 10.4 Å². The third kappa shape index (κ3) is 3.84. The number of methoxy groups -OCH3 is 1. The SMILES string of the molecule is COc1ccc(-c2nc(NC(=O)C(Cl)(Cl)Cl)sc2C)cc1C. The van der Waals surface area contributed by atoms with Crippen molar-refractivity contribution in [1.29, 1.82) is 0 Å². The molecule has 0 atom stereocenters. The first-order chi connectivity index (χ1) is 10.2. The molecular weight excluding hydrogens is 367 g/mol. The summed E-state index contributed by atoms with van der Waals surface area (Å²) in [6.07, 6.45) is 0. The minimum atomic E-state index is -2.02. The summed E-state index contributed by atoms with van der Waals surface area (Å²) >= 11 is 17.9. The van der Waals surface area contributed by atoms with Gasteiger partial charge in [-0.3, -0.25) is 10.1 Å². The summed E-state index contributed by atoms with van der Waals surface area (Å²) in [5.41, 5.74) is 2.70. The van der Waals surface area contributed by atoms with E-state index in [4.69, 9.17) is 39.5 Å². The number of aromatic nitrogens is 1. The molecule has 118 valence electrons. The van der Waals surface area contributed by atoms with E-state index < -0.39 is 9.70 Å². The standard InChI is InChI=1S/C14H13Cl3N2O2S/c1-7-6-9(4-5-10(7)21-3)11-8(2)22-13(18-11)19-12(20)14(15,16)17/h4-6H,1-3H3,(H,18,19,20). The average molecular weight is 380 g/mol. The van der Waals surface area contributed by atoms with Gasteiger partial charge in [-0.2, -0.15) is 0 Å². The molecule has 0 saturated heterocycles. The van der Waals surface area contributed by atoms with Gasteiger partial charge in [-0.15, -0.1) is 11.3 Å². The second-order valence-corrected chi connectivity index (χ2v) is 8.04. The van der Waals surface area contributed by atoms with Crippen LogP contribution in [0.4, 0.5) is 5.13 Å². The summed E-state index contributed by atoms with van der Waals surface area (Å²) in [4.78, 5) is 17.0. The lowest BCUT2D eigenvalue weighted by molar-refractivity contribution is -0.115. The van der Waals surface area contributed by atoms with Crippen molar-refractivity contribution in [2.45, 2.75) is 17.6 Å². The van der Waals surface area contributed by atoms with Crippen LogP contribution in [0.15, 0.2) is 18.2 Å². The fourth-order valence-electron chi connectivity index (χ4n) is 1.91. The molecule has 1 aromatic heterocycles. The average Bonchev–Trinajstić information content (AvgIpc) is 2.78. The van der Waals surface area contributed by atoms with Crippen molar-refractivity contribution >= 4 is 57.2 Å². The molecule has 1 aromatic carbocycles. The summed E-state index contributed by atoms with van der Waals surface area (Å²) < 4.78 is 3.23. The van der Waals surface area contributed by atoms with Gasteiger partial charge in [0.25, 0.3) is 9.70 Å². The second kappa shape index (κ2) is 6.62. The molecule has 1 amide bonds. The van der Waals surface area contributed by atoms with Crippen LogP contribution in [0, 0.1) is 13.8 Å². The number of nitrogens with one attached hydrogen (secondary N) is 1. The molecule has 2 aromatic rings. The lowest BCUT2D eigenvalue weighted by Crippen LogP contribution is -2.26. The predicted molar refractivity (Wildman–Crippen MR) is 92.5 cm³/mol. The smallest absolute Gasteiger partial charge is 0.278 e. The number of aryl methyl sites for hydroxylation is 2. The van der Waals surface area contributed by atoms with Crippen LogP contribution in [0.2, 0.25) is 0 Å². The van der Waals surface area contributed by atoms with Crippen LogP contribution >= 0.6 is 46.1 Å². The van der Waals surface area contributed by atoms with E-state index in [1.54, 1.807) is 7.11 Å². The number of halogens is 3. The number of carbonyl (C=O) groups is 1. The second-order valence-electron chi connectivity index (χ2n) is 4.56. The fraction of sp³-hybridized carbons (Fsp3) is 0.286. The maximum atomic E-state index is 11.7. The summed E-state index contributed by atoms with van der Waals surface area (Å²) in [5.74, 6) is 0.0741. The first-order valence-electron chi connectivity index (χ1n) is 6.23. The Morgan fingerprint density at radius 1 is 1.32 bits per heavy atom. The number of anilines is 1. The van der Waals surface area contributed by atoms with E-state index in [0.29, 0.717) is 5.13 Å². The molecule has 0 aliphatic carbocycles. The molecule has 0 aliphatic rings. The third-order valence-corrected chi connectivity index (χ3v) is 4.34. The largest absolute Gasteiger partial charge is 0.496 e. The highest BCUT2D eigenvalue weighted by atomic mass is 35.6. The number of thiazole rings is 1. The van der Waals surface area contributed by atoms with Gasteiger partial charge in [0, 0.05) is 10.4 Å². The van der Waals surface area contributed by atoms with Crippen molar-refractivity contribution in [2.75, 3.05) is 12.4 Å². The Hall–Kier alpha value is -1.01. The number of benzene rings is 1. The van der Waals surface area contributed by atoms with E-state index in [-0.39, 0.29) is 0 Å². The number of hydrogen-bond donors (Lipinski definition) is 1. The molecule has 1 N–H and O–H groups in total. The van der Waals surface area contributed by atoms with Crippen molar-refractivity contribution in [3.05, 3.63) is 28.6 Å². The van der Waals surface area contributed by atoms with Crippen LogP contribution in [0.3, 0.4) is 0 Å². The van der Waals surface area contributed by atoms with Gasteiger partial charge in [0.05, 0.1) is 12.8 Å². The summed E-state index contributed by atoms with van der Waals surface area (Å²) in [6.45, 7) is 3.87. The van der Waals surface area contributed by atoms with Gasteiger partial charge in [-0.05, 0) is 37.6 Å². The van der Waals surface area contributed by atoms with Gasteiger partial charge in [0.1, 0.15) is 5.75 Å². The predicted octanol–water partition coefficient (Wildman–Crippen LogP) is 4.74. The van der Waals surface area contributed by atoms with Crippen molar-refractivity contribution in [1.82, 2.24) is 4.98 Å². The molecule has 1 heterocycles. The van der Waals surface area contributed by atoms with Gasteiger partial charge in [-0.1, -0.05) is 34.8 Å². The van der Waals surface area contributed by atoms with E-state index in [9.17, 15) is 4.79 Å². The van der Waals surface area contributed by atoms with Crippen molar-refractivity contribution in [3.63, 3.8) is 0 Å². The Kier molecular flexibility index (Phi) is 5.22. The first-order valence-corrected chi connectivity index (χ1v) is 8.18. The van der Waals surface area contributed by atoms with Gasteiger partial charge < -0.3 is 4.74 Å². The highest BCUT2D eigenvalue weighted by Gasteiger charge is 2.31. The summed E-state index contributed by atoms with van der Waals surface area (Å²) in [5, 5.41) is 2.88. The minimum absolute atomic E-state index is 0.386. The van der Waals surface area contributed by atoms with E-state index >= 15 is 0 Å². The summed E-state index contributed by atoms with van der Waals surface area (Å²) in [7, 11) is 1.63. The maximum Gasteiger partial charge on any atom is 0.278 e. The molecule has 4 nitrogen and oxygen atoms in total. The Bertz CT molecular complexity index is 711. The molecule has 0 spiro atoms. The molecule has 0 fully saturated rings. The summed E-state index contributed by atoms with van der Waals surface area (Å²) in [6, 6.07) is 5.76. The maximum absolute atomic E-state index is 11.7. The zero-order valence-electron chi connectivity index (χ0n) is 12.0. The quantitative estimate of drug-likeness (QED) is 0.783. The van der Waals surface area contributed by atoms with Crippen LogP contribution in [-0.2, 0) is 4.79 Å². The lowest BCUT2D eigenvalue weighted by atomic mass is 10.1. The zero-order chi connectivity index (χ0) is 16.5. The molecular formula is C14H13Cl3N2O2S. The Morgan fingerprint density at radius 3 is 2.55 bits per heavy atom. The van der Waals surface area contributed by atoms with Gasteiger partial charge in [0.15, 0.2) is 5.13 Å². The number of alkyl halides is 3. The number of hydrogen-bond acceptors (Lipinski definition) is 4. The number of amides is 1. The number of ether oxygens (including phenoxy) is 1. The zero-order valence-corrected chi connectivity index (χ0v) is 15.1. The molecule has 0 radical (unpaired) electrons. The number of carbonyl (C=O) groups excluding carboxylic acids is 1. The molecule has 0 saturated carbocycles. The Labute approximate surface area is 147 Å². The van der Waals surface area contributed by atoms with E-state index in [1.165, 1.54) is 11.3 Å². The van der Waals surface area contributed by atoms with Crippen LogP contribution in [0.25, 0.3) is 11.3 Å².